The third-order valence-electron chi connectivity index (χ3n) is 2.75. The Kier molecular flexibility index (Phi) is 3.03. The zero-order valence-corrected chi connectivity index (χ0v) is 10.4. The van der Waals surface area contributed by atoms with Gasteiger partial charge in [0.05, 0.1) is 10.5 Å². The van der Waals surface area contributed by atoms with Gasteiger partial charge in [0.2, 0.25) is 5.43 Å². The average molecular weight is 282 g/mol. The quantitative estimate of drug-likeness (QED) is 0.811. The van der Waals surface area contributed by atoms with Crippen LogP contribution in [-0.4, -0.2) is 20.7 Å². The summed E-state index contributed by atoms with van der Waals surface area (Å²) in [5.74, 6) is -1.97. The summed E-state index contributed by atoms with van der Waals surface area (Å²) in [6.45, 7) is 0. The van der Waals surface area contributed by atoms with E-state index in [1.165, 1.54) is 17.7 Å². The number of hydrogen-bond acceptors (Lipinski definition) is 4. The monoisotopic (exact) mass is 281 g/mol. The van der Waals surface area contributed by atoms with Crippen LogP contribution in [-0.2, 0) is 7.05 Å². The summed E-state index contributed by atoms with van der Waals surface area (Å²) in [6, 6.07) is 3.03. The van der Waals surface area contributed by atoms with Gasteiger partial charge in [0.1, 0.15) is 5.69 Å². The van der Waals surface area contributed by atoms with Crippen LogP contribution in [0.1, 0.15) is 10.5 Å². The molecule has 1 aromatic heterocycles. The molecule has 0 aliphatic carbocycles. The Balaban J connectivity index is 3.15. The van der Waals surface area contributed by atoms with E-state index in [1.807, 2.05) is 0 Å². The highest BCUT2D eigenvalue weighted by Crippen LogP contribution is 2.21. The van der Waals surface area contributed by atoms with Gasteiger partial charge in [-0.2, -0.15) is 0 Å². The van der Waals surface area contributed by atoms with Gasteiger partial charge in [0, 0.05) is 24.6 Å². The van der Waals surface area contributed by atoms with Gasteiger partial charge in [-0.3, -0.25) is 9.59 Å². The summed E-state index contributed by atoms with van der Waals surface area (Å²) >= 11 is 5.72. The maximum absolute atomic E-state index is 11.8. The summed E-state index contributed by atoms with van der Waals surface area (Å²) in [5, 5.41) is 18.2. The SMILES string of the molecule is Cn1c(C(=O)O)cc(=O)c2cc(=O)c(O)c(Cl)cc21. The molecule has 1 heterocycles. The van der Waals surface area contributed by atoms with Gasteiger partial charge >= 0.3 is 5.97 Å². The number of aryl methyl sites for hydroxylation is 1. The molecule has 0 spiro atoms. The van der Waals surface area contributed by atoms with Gasteiger partial charge in [-0.15, -0.1) is 0 Å². The number of carbonyl (C=O) groups is 1. The van der Waals surface area contributed by atoms with Crippen molar-refractivity contribution in [1.82, 2.24) is 4.57 Å². The molecule has 6 nitrogen and oxygen atoms in total. The Labute approximate surface area is 111 Å². The smallest absolute Gasteiger partial charge is 0.352 e. The standard InChI is InChI=1S/C12H8ClNO5/c1-14-7-3-6(13)11(17)10(16)2-5(7)9(15)4-8(14)12(18)19/h2-4H,1H3,(H,16,17)(H,18,19). The fourth-order valence-electron chi connectivity index (χ4n) is 1.77. The van der Waals surface area contributed by atoms with E-state index in [2.05, 4.69) is 0 Å². The molecule has 0 saturated heterocycles. The highest BCUT2D eigenvalue weighted by atomic mass is 35.5. The second-order valence-electron chi connectivity index (χ2n) is 3.91. The van der Waals surface area contributed by atoms with Crippen LogP contribution >= 0.6 is 11.6 Å². The molecular weight excluding hydrogens is 274 g/mol. The van der Waals surface area contributed by atoms with Gasteiger partial charge in [0.15, 0.2) is 11.2 Å². The molecule has 0 atom stereocenters. The molecule has 0 unspecified atom stereocenters. The second-order valence-corrected chi connectivity index (χ2v) is 4.31. The Bertz CT molecular complexity index is 825. The average Bonchev–Trinajstić information content (AvgIpc) is 2.45. The number of aromatic nitrogens is 1. The molecular formula is C12H8ClNO5. The molecule has 0 amide bonds. The molecule has 1 aromatic carbocycles. The lowest BCUT2D eigenvalue weighted by atomic mass is 10.2. The van der Waals surface area contributed by atoms with E-state index in [0.29, 0.717) is 0 Å². The molecule has 2 N–H and O–H groups in total. The molecule has 7 heteroatoms. The third kappa shape index (κ3) is 2.06. The molecule has 0 fully saturated rings. The molecule has 2 aromatic rings. The number of carboxylic acid groups (broad SMARTS) is 1. The largest absolute Gasteiger partial charge is 0.503 e. The van der Waals surface area contributed by atoms with Crippen molar-refractivity contribution >= 4 is 28.5 Å². The summed E-state index contributed by atoms with van der Waals surface area (Å²) in [7, 11) is 1.42. The summed E-state index contributed by atoms with van der Waals surface area (Å²) < 4.78 is 1.21. The predicted octanol–water partition coefficient (Wildman–Crippen LogP) is 0.956. The highest BCUT2D eigenvalue weighted by Gasteiger charge is 2.13. The first-order chi connectivity index (χ1) is 8.82. The maximum Gasteiger partial charge on any atom is 0.352 e. The molecule has 0 radical (unpaired) electrons. The number of nitrogens with zero attached hydrogens (tertiary/aromatic N) is 1. The fourth-order valence-corrected chi connectivity index (χ4v) is 1.96. The summed E-state index contributed by atoms with van der Waals surface area (Å²) in [6.07, 6.45) is 0. The van der Waals surface area contributed by atoms with Gasteiger partial charge in [-0.05, 0) is 6.07 Å². The lowest BCUT2D eigenvalue weighted by molar-refractivity contribution is 0.0686. The van der Waals surface area contributed by atoms with Crippen LogP contribution in [0.3, 0.4) is 0 Å². The fraction of sp³-hybridized carbons (Fsp3) is 0.0833. The molecule has 0 saturated carbocycles. The van der Waals surface area contributed by atoms with Gasteiger partial charge in [-0.25, -0.2) is 4.79 Å². The van der Waals surface area contributed by atoms with Crippen molar-refractivity contribution in [3.63, 3.8) is 0 Å². The zero-order valence-electron chi connectivity index (χ0n) is 9.68. The first kappa shape index (κ1) is 13.1. The lowest BCUT2D eigenvalue weighted by Gasteiger charge is -2.06. The minimum atomic E-state index is -1.28. The Hall–Kier alpha value is -2.34. The number of aromatic carboxylic acids is 1. The zero-order chi connectivity index (χ0) is 14.3. The normalized spacial score (nSPS) is 10.6. The molecule has 0 bridgehead atoms. The van der Waals surface area contributed by atoms with E-state index >= 15 is 0 Å². The van der Waals surface area contributed by atoms with Crippen LogP contribution in [0.15, 0.2) is 27.8 Å². The number of fused-ring (bicyclic) bond motifs is 1. The minimum Gasteiger partial charge on any atom is -0.503 e. The van der Waals surface area contributed by atoms with Gasteiger partial charge < -0.3 is 14.8 Å². The first-order valence-electron chi connectivity index (χ1n) is 5.13. The summed E-state index contributed by atoms with van der Waals surface area (Å²) in [5.41, 5.74) is -1.53. The van der Waals surface area contributed by atoms with Crippen molar-refractivity contribution in [3.8, 4) is 5.75 Å². The van der Waals surface area contributed by atoms with Crippen LogP contribution in [0.4, 0.5) is 0 Å². The molecule has 0 aliphatic rings. The number of hydrogen-bond donors (Lipinski definition) is 2. The van der Waals surface area contributed by atoms with E-state index in [-0.39, 0.29) is 21.6 Å². The number of carboxylic acids is 1. The van der Waals surface area contributed by atoms with E-state index < -0.39 is 22.6 Å². The Morgan fingerprint density at radius 2 is 1.84 bits per heavy atom. The highest BCUT2D eigenvalue weighted by molar-refractivity contribution is 6.32. The van der Waals surface area contributed by atoms with E-state index in [0.717, 1.165) is 12.1 Å². The molecule has 19 heavy (non-hydrogen) atoms. The van der Waals surface area contributed by atoms with E-state index in [4.69, 9.17) is 16.7 Å². The third-order valence-corrected chi connectivity index (χ3v) is 3.04. The molecule has 0 aliphatic heterocycles. The van der Waals surface area contributed by atoms with E-state index in [1.54, 1.807) is 0 Å². The lowest BCUT2D eigenvalue weighted by Crippen LogP contribution is -2.15. The van der Waals surface area contributed by atoms with Crippen LogP contribution in [0.25, 0.3) is 10.9 Å². The Morgan fingerprint density at radius 3 is 2.42 bits per heavy atom. The number of halogens is 1. The van der Waals surface area contributed by atoms with Crippen molar-refractivity contribution in [2.45, 2.75) is 0 Å². The van der Waals surface area contributed by atoms with Crippen LogP contribution in [0, 0.1) is 0 Å². The van der Waals surface area contributed by atoms with Crippen molar-refractivity contribution in [1.29, 1.82) is 0 Å². The van der Waals surface area contributed by atoms with Crippen molar-refractivity contribution < 1.29 is 15.0 Å². The van der Waals surface area contributed by atoms with Crippen LogP contribution in [0.2, 0.25) is 5.02 Å². The van der Waals surface area contributed by atoms with Gasteiger partial charge in [-0.1, -0.05) is 11.6 Å². The van der Waals surface area contributed by atoms with Crippen molar-refractivity contribution in [2.75, 3.05) is 0 Å². The predicted molar refractivity (Wildman–Crippen MR) is 69.1 cm³/mol. The van der Waals surface area contributed by atoms with Gasteiger partial charge in [0.25, 0.3) is 0 Å². The van der Waals surface area contributed by atoms with E-state index in [9.17, 15) is 19.5 Å². The second kappa shape index (κ2) is 4.40. The van der Waals surface area contributed by atoms with Crippen molar-refractivity contribution in [3.05, 3.63) is 49.4 Å². The molecule has 2 rings (SSSR count). The Morgan fingerprint density at radius 1 is 1.21 bits per heavy atom. The first-order valence-corrected chi connectivity index (χ1v) is 5.50. The maximum atomic E-state index is 11.8. The van der Waals surface area contributed by atoms with Crippen LogP contribution in [0.5, 0.6) is 5.75 Å². The number of pyridine rings is 1. The number of rotatable bonds is 1. The van der Waals surface area contributed by atoms with Crippen LogP contribution < -0.4 is 10.9 Å². The molecule has 98 valence electrons. The number of aromatic hydroxyl groups is 1. The minimum absolute atomic E-state index is 0.0142. The topological polar surface area (TPSA) is 96.6 Å². The summed E-state index contributed by atoms with van der Waals surface area (Å²) in [4.78, 5) is 34.4. The van der Waals surface area contributed by atoms with Crippen molar-refractivity contribution in [2.24, 2.45) is 7.05 Å².